The van der Waals surface area contributed by atoms with E-state index >= 15 is 0 Å². The van der Waals surface area contributed by atoms with E-state index in [0.29, 0.717) is 6.42 Å². The van der Waals surface area contributed by atoms with Crippen LogP contribution in [-0.2, 0) is 27.2 Å². The molecule has 1 aliphatic rings. The molecule has 0 unspecified atom stereocenters. The zero-order chi connectivity index (χ0) is 25.9. The van der Waals surface area contributed by atoms with E-state index in [1.807, 2.05) is 61.5 Å². The van der Waals surface area contributed by atoms with Crippen molar-refractivity contribution in [3.8, 4) is 0 Å². The zero-order valence-corrected chi connectivity index (χ0v) is 21.0. The first-order valence-corrected chi connectivity index (χ1v) is 12.1. The Morgan fingerprint density at radius 3 is 2.44 bits per heavy atom. The summed E-state index contributed by atoms with van der Waals surface area (Å²) < 4.78 is 5.32. The Labute approximate surface area is 210 Å². The highest BCUT2D eigenvalue weighted by Crippen LogP contribution is 2.31. The molecule has 5 N–H and O–H groups in total. The minimum atomic E-state index is -0.944. The first kappa shape index (κ1) is 25.2. The van der Waals surface area contributed by atoms with Gasteiger partial charge in [-0.25, -0.2) is 4.79 Å². The van der Waals surface area contributed by atoms with Crippen LogP contribution >= 0.6 is 0 Å². The van der Waals surface area contributed by atoms with Gasteiger partial charge < -0.3 is 15.0 Å². The third kappa shape index (κ3) is 6.04. The van der Waals surface area contributed by atoms with Gasteiger partial charge in [0.15, 0.2) is 0 Å². The fourth-order valence-electron chi connectivity index (χ4n) is 4.43. The van der Waals surface area contributed by atoms with Gasteiger partial charge in [-0.3, -0.25) is 25.8 Å². The number of hydrogen-bond donors (Lipinski definition) is 5. The van der Waals surface area contributed by atoms with Crippen LogP contribution < -0.4 is 21.5 Å². The Balaban J connectivity index is 1.41. The number of rotatable bonds is 5. The molecule has 9 nitrogen and oxygen atoms in total. The number of benzene rings is 2. The van der Waals surface area contributed by atoms with Gasteiger partial charge in [0.25, 0.3) is 11.8 Å². The van der Waals surface area contributed by atoms with Crippen molar-refractivity contribution in [1.29, 1.82) is 0 Å². The number of carbonyl (C=O) groups is 3. The second kappa shape index (κ2) is 10.4. The minimum Gasteiger partial charge on any atom is -0.444 e. The second-order valence-electron chi connectivity index (χ2n) is 10.1. The summed E-state index contributed by atoms with van der Waals surface area (Å²) >= 11 is 0. The highest BCUT2D eigenvalue weighted by atomic mass is 16.6. The van der Waals surface area contributed by atoms with Crippen molar-refractivity contribution < 1.29 is 19.1 Å². The van der Waals surface area contributed by atoms with Gasteiger partial charge in [0.05, 0.1) is 6.04 Å². The lowest BCUT2D eigenvalue weighted by Gasteiger charge is -2.29. The number of ether oxygens (including phenoxy) is 1. The van der Waals surface area contributed by atoms with Crippen LogP contribution in [0, 0.1) is 0 Å². The van der Waals surface area contributed by atoms with E-state index in [1.54, 1.807) is 20.8 Å². The van der Waals surface area contributed by atoms with Crippen LogP contribution in [0.25, 0.3) is 10.9 Å². The van der Waals surface area contributed by atoms with Crippen LogP contribution in [0.15, 0.2) is 54.6 Å². The first-order chi connectivity index (χ1) is 17.1. The summed E-state index contributed by atoms with van der Waals surface area (Å²) in [6.45, 7) is 7.23. The van der Waals surface area contributed by atoms with Gasteiger partial charge in [0, 0.05) is 29.1 Å². The molecule has 2 heterocycles. The summed E-state index contributed by atoms with van der Waals surface area (Å²) in [5.74, 6) is -0.906. The van der Waals surface area contributed by atoms with Crippen molar-refractivity contribution >= 4 is 28.8 Å². The van der Waals surface area contributed by atoms with Crippen LogP contribution in [0.4, 0.5) is 4.79 Å². The van der Waals surface area contributed by atoms with Crippen LogP contribution in [0.1, 0.15) is 50.6 Å². The Hall–Kier alpha value is -3.85. The van der Waals surface area contributed by atoms with Crippen molar-refractivity contribution in [3.63, 3.8) is 0 Å². The molecule has 1 aliphatic heterocycles. The van der Waals surface area contributed by atoms with Gasteiger partial charge in [-0.05, 0) is 51.3 Å². The number of amides is 3. The standard InChI is InChI=1S/C27H33N5O4/c1-16-23-19(18-12-8-9-13-20(18)29-23)15-22(28-16)25(34)32-31-24(33)21(14-17-10-6-5-7-11-17)30-26(35)36-27(2,3)4/h5-13,16,21-22,28-29H,14-15H2,1-4H3,(H,30,35)(H,31,33)(H,32,34)/t16-,21-,22-/m0/s1. The molecule has 3 aromatic rings. The van der Waals surface area contributed by atoms with E-state index < -0.39 is 29.7 Å². The third-order valence-corrected chi connectivity index (χ3v) is 6.05. The molecule has 0 radical (unpaired) electrons. The normalized spacial score (nSPS) is 18.1. The number of hydrazine groups is 1. The molecule has 0 aliphatic carbocycles. The van der Waals surface area contributed by atoms with Crippen LogP contribution in [0.3, 0.4) is 0 Å². The Kier molecular flexibility index (Phi) is 7.30. The molecule has 9 heteroatoms. The highest BCUT2D eigenvalue weighted by molar-refractivity contribution is 5.91. The number of aromatic amines is 1. The van der Waals surface area contributed by atoms with E-state index in [2.05, 4.69) is 26.5 Å². The number of fused-ring (bicyclic) bond motifs is 3. The summed E-state index contributed by atoms with van der Waals surface area (Å²) in [6.07, 6.45) is 0.00771. The van der Waals surface area contributed by atoms with Crippen molar-refractivity contribution in [3.05, 3.63) is 71.4 Å². The maximum Gasteiger partial charge on any atom is 0.408 e. The molecule has 36 heavy (non-hydrogen) atoms. The van der Waals surface area contributed by atoms with E-state index in [1.165, 1.54) is 0 Å². The number of aromatic nitrogens is 1. The molecule has 1 aromatic heterocycles. The maximum atomic E-state index is 13.0. The van der Waals surface area contributed by atoms with Crippen LogP contribution in [0.2, 0.25) is 0 Å². The van der Waals surface area contributed by atoms with E-state index in [9.17, 15) is 14.4 Å². The molecule has 0 spiro atoms. The fraction of sp³-hybridized carbons (Fsp3) is 0.370. The molecule has 4 rings (SSSR count). The van der Waals surface area contributed by atoms with Gasteiger partial charge in [-0.2, -0.15) is 0 Å². The second-order valence-corrected chi connectivity index (χ2v) is 10.1. The van der Waals surface area contributed by atoms with Gasteiger partial charge in [-0.15, -0.1) is 0 Å². The number of nitrogens with one attached hydrogen (secondary N) is 5. The highest BCUT2D eigenvalue weighted by Gasteiger charge is 2.32. The van der Waals surface area contributed by atoms with Gasteiger partial charge in [0.1, 0.15) is 11.6 Å². The molecule has 3 atom stereocenters. The lowest BCUT2D eigenvalue weighted by molar-refractivity contribution is -0.131. The van der Waals surface area contributed by atoms with E-state index in [4.69, 9.17) is 4.74 Å². The van der Waals surface area contributed by atoms with E-state index in [0.717, 1.165) is 27.7 Å². The quantitative estimate of drug-likeness (QED) is 0.351. The Morgan fingerprint density at radius 1 is 1.03 bits per heavy atom. The molecule has 0 saturated heterocycles. The summed E-state index contributed by atoms with van der Waals surface area (Å²) in [7, 11) is 0. The van der Waals surface area contributed by atoms with E-state index in [-0.39, 0.29) is 18.4 Å². The number of H-pyrrole nitrogens is 1. The smallest absolute Gasteiger partial charge is 0.408 e. The third-order valence-electron chi connectivity index (χ3n) is 6.05. The fourth-order valence-corrected chi connectivity index (χ4v) is 4.43. The number of carbonyl (C=O) groups excluding carboxylic acids is 3. The lowest BCUT2D eigenvalue weighted by atomic mass is 9.94. The molecule has 0 bridgehead atoms. The predicted octanol–water partition coefficient (Wildman–Crippen LogP) is 3.03. The minimum absolute atomic E-state index is 0.0627. The van der Waals surface area contributed by atoms with Crippen LogP contribution in [0.5, 0.6) is 0 Å². The van der Waals surface area contributed by atoms with Crippen molar-refractivity contribution in [2.75, 3.05) is 0 Å². The zero-order valence-electron chi connectivity index (χ0n) is 21.0. The lowest BCUT2D eigenvalue weighted by Crippen LogP contribution is -2.57. The van der Waals surface area contributed by atoms with Crippen LogP contribution in [-0.4, -0.2) is 40.6 Å². The molecule has 190 valence electrons. The average molecular weight is 492 g/mol. The topological polar surface area (TPSA) is 124 Å². The predicted molar refractivity (Wildman–Crippen MR) is 137 cm³/mol. The largest absolute Gasteiger partial charge is 0.444 e. The average Bonchev–Trinajstić information content (AvgIpc) is 3.21. The SMILES string of the molecule is C[C@@H]1N[C@H](C(=O)NNC(=O)[C@H](Cc2ccccc2)NC(=O)OC(C)(C)C)Cc2c1[nH]c1ccccc21. The molecule has 2 aromatic carbocycles. The van der Waals surface area contributed by atoms with Gasteiger partial charge in [-0.1, -0.05) is 48.5 Å². The number of alkyl carbamates (subject to hydrolysis) is 1. The first-order valence-electron chi connectivity index (χ1n) is 12.1. The molecule has 3 amide bonds. The van der Waals surface area contributed by atoms with Gasteiger partial charge >= 0.3 is 6.09 Å². The summed E-state index contributed by atoms with van der Waals surface area (Å²) in [4.78, 5) is 41.8. The summed E-state index contributed by atoms with van der Waals surface area (Å²) in [5, 5.41) is 7.01. The molecular formula is C27H33N5O4. The Morgan fingerprint density at radius 2 is 1.72 bits per heavy atom. The molecular weight excluding hydrogens is 458 g/mol. The number of para-hydroxylation sites is 1. The molecule has 0 fully saturated rings. The monoisotopic (exact) mass is 491 g/mol. The Bertz CT molecular complexity index is 1250. The maximum absolute atomic E-state index is 13.0. The summed E-state index contributed by atoms with van der Waals surface area (Å²) in [5.41, 5.74) is 8.34. The summed E-state index contributed by atoms with van der Waals surface area (Å²) in [6, 6.07) is 15.8. The number of hydrogen-bond acceptors (Lipinski definition) is 5. The van der Waals surface area contributed by atoms with Gasteiger partial charge in [0.2, 0.25) is 0 Å². The van der Waals surface area contributed by atoms with Crippen molar-refractivity contribution in [1.82, 2.24) is 26.5 Å². The van der Waals surface area contributed by atoms with Crippen molar-refractivity contribution in [2.45, 2.75) is 64.3 Å². The molecule has 0 saturated carbocycles. The van der Waals surface area contributed by atoms with Crippen molar-refractivity contribution in [2.24, 2.45) is 0 Å².